The Labute approximate surface area is 139 Å². The van der Waals surface area contributed by atoms with E-state index in [1.54, 1.807) is 13.1 Å². The summed E-state index contributed by atoms with van der Waals surface area (Å²) in [5, 5.41) is 4.11. The van der Waals surface area contributed by atoms with Crippen molar-refractivity contribution >= 4 is 11.6 Å². The molecule has 0 saturated heterocycles. The van der Waals surface area contributed by atoms with Gasteiger partial charge in [0, 0.05) is 18.9 Å². The van der Waals surface area contributed by atoms with Gasteiger partial charge < -0.3 is 10.3 Å². The van der Waals surface area contributed by atoms with Gasteiger partial charge in [0.15, 0.2) is 5.54 Å². The summed E-state index contributed by atoms with van der Waals surface area (Å²) in [7, 11) is 1.59. The number of nitrogens with one attached hydrogen (secondary N) is 2. The highest BCUT2D eigenvalue weighted by molar-refractivity contribution is 6.01. The lowest BCUT2D eigenvalue weighted by Crippen LogP contribution is -2.58. The van der Waals surface area contributed by atoms with Crippen LogP contribution in [0.15, 0.2) is 36.5 Å². The van der Waals surface area contributed by atoms with Crippen LogP contribution in [0.1, 0.15) is 30.7 Å². The van der Waals surface area contributed by atoms with Crippen molar-refractivity contribution in [1.29, 1.82) is 0 Å². The van der Waals surface area contributed by atoms with Gasteiger partial charge in [-0.3, -0.25) is 4.79 Å². The third-order valence-electron chi connectivity index (χ3n) is 5.32. The minimum absolute atomic E-state index is 0.450. The number of benzene rings is 1. The molecule has 3 atom stereocenters. The Hall–Kier alpha value is -1.95. The van der Waals surface area contributed by atoms with E-state index in [0.717, 1.165) is 17.9 Å². The molecule has 2 fully saturated rings. The van der Waals surface area contributed by atoms with Gasteiger partial charge in [-0.25, -0.2) is 14.2 Å². The molecule has 1 amide bonds. The molecule has 3 unspecified atom stereocenters. The van der Waals surface area contributed by atoms with Crippen LogP contribution >= 0.6 is 0 Å². The van der Waals surface area contributed by atoms with Crippen molar-refractivity contribution in [2.45, 2.75) is 37.1 Å². The lowest BCUT2D eigenvalue weighted by molar-refractivity contribution is -0.127. The Kier molecular flexibility index (Phi) is 3.60. The smallest absolute Gasteiger partial charge is 0.270 e. The van der Waals surface area contributed by atoms with Crippen LogP contribution in [0.4, 0.5) is 14.5 Å². The third kappa shape index (κ3) is 2.59. The van der Waals surface area contributed by atoms with Crippen molar-refractivity contribution < 1.29 is 13.6 Å². The molecule has 1 aliphatic heterocycles. The number of anilines is 1. The zero-order chi connectivity index (χ0) is 16.9. The molecule has 2 saturated carbocycles. The highest BCUT2D eigenvalue weighted by Crippen LogP contribution is 2.60. The fraction of sp³-hybridized carbons (Fsp3) is 0.500. The minimum Gasteiger partial charge on any atom is -0.324 e. The molecule has 128 valence electrons. The number of hydrogen-bond acceptors (Lipinski definition) is 3. The lowest BCUT2D eigenvalue weighted by atomic mass is 9.99. The molecule has 1 heterocycles. The average Bonchev–Trinajstić information content (AvgIpc) is 3.44. The third-order valence-corrected chi connectivity index (χ3v) is 5.32. The van der Waals surface area contributed by atoms with E-state index in [2.05, 4.69) is 10.7 Å². The number of hydrazine groups is 1. The van der Waals surface area contributed by atoms with Gasteiger partial charge in [-0.1, -0.05) is 18.2 Å². The van der Waals surface area contributed by atoms with E-state index < -0.39 is 17.9 Å². The summed E-state index contributed by atoms with van der Waals surface area (Å²) in [4.78, 5) is 12.6. The molecule has 0 aromatic heterocycles. The molecule has 6 heteroatoms. The molecule has 1 aromatic rings. The first-order chi connectivity index (χ1) is 11.5. The molecule has 4 rings (SSSR count). The number of amides is 1. The molecule has 2 aliphatic carbocycles. The van der Waals surface area contributed by atoms with Crippen LogP contribution in [0.3, 0.4) is 0 Å². The molecular weight excluding hydrogens is 312 g/mol. The second kappa shape index (κ2) is 5.55. The monoisotopic (exact) mass is 333 g/mol. The first kappa shape index (κ1) is 15.6. The fourth-order valence-corrected chi connectivity index (χ4v) is 3.72. The van der Waals surface area contributed by atoms with Crippen molar-refractivity contribution in [3.63, 3.8) is 0 Å². The van der Waals surface area contributed by atoms with Gasteiger partial charge >= 0.3 is 0 Å². The minimum atomic E-state index is -2.84. The SMILES string of the molecule is CN1C=CC(C(=O)Nc2ccccc2C2CC2C2CC2)(C(F)F)N1. The maximum absolute atomic E-state index is 13.6. The van der Waals surface area contributed by atoms with Gasteiger partial charge in [0.25, 0.3) is 12.3 Å². The van der Waals surface area contributed by atoms with Crippen LogP contribution in [0.5, 0.6) is 0 Å². The Morgan fingerprint density at radius 2 is 2.12 bits per heavy atom. The van der Waals surface area contributed by atoms with Crippen molar-refractivity contribution in [2.24, 2.45) is 11.8 Å². The van der Waals surface area contributed by atoms with Crippen LogP contribution in [0, 0.1) is 11.8 Å². The molecule has 24 heavy (non-hydrogen) atoms. The summed E-state index contributed by atoms with van der Waals surface area (Å²) < 4.78 is 27.1. The zero-order valence-corrected chi connectivity index (χ0v) is 13.5. The largest absolute Gasteiger partial charge is 0.324 e. The number of nitrogens with zero attached hydrogens (tertiary/aromatic N) is 1. The van der Waals surface area contributed by atoms with Crippen molar-refractivity contribution in [2.75, 3.05) is 12.4 Å². The van der Waals surface area contributed by atoms with E-state index in [-0.39, 0.29) is 0 Å². The Morgan fingerprint density at radius 1 is 1.38 bits per heavy atom. The molecule has 4 nitrogen and oxygen atoms in total. The van der Waals surface area contributed by atoms with E-state index >= 15 is 0 Å². The second-order valence-corrected chi connectivity index (χ2v) is 7.09. The fourth-order valence-electron chi connectivity index (χ4n) is 3.72. The number of rotatable bonds is 5. The summed E-state index contributed by atoms with van der Waals surface area (Å²) in [6.45, 7) is 0. The normalized spacial score (nSPS) is 31.6. The Balaban J connectivity index is 1.55. The highest BCUT2D eigenvalue weighted by atomic mass is 19.3. The van der Waals surface area contributed by atoms with Gasteiger partial charge in [-0.05, 0) is 54.7 Å². The number of halogens is 2. The maximum atomic E-state index is 13.6. The molecule has 0 bridgehead atoms. The molecule has 0 spiro atoms. The van der Waals surface area contributed by atoms with Crippen LogP contribution < -0.4 is 10.7 Å². The standard InChI is InChI=1S/C18H21F2N3O/c1-23-9-8-18(22-23,16(19)20)17(24)21-15-5-3-2-4-12(15)14-10-13(14)11-6-7-11/h2-5,8-9,11,13-14,16,22H,6-7,10H2,1H3,(H,21,24). The van der Waals surface area contributed by atoms with Crippen LogP contribution in [-0.4, -0.2) is 29.9 Å². The summed E-state index contributed by atoms with van der Waals surface area (Å²) in [6.07, 6.45) is 3.56. The van der Waals surface area contributed by atoms with E-state index in [1.165, 1.54) is 30.1 Å². The van der Waals surface area contributed by atoms with E-state index in [4.69, 9.17) is 0 Å². The number of carbonyl (C=O) groups excluding carboxylic acids is 1. The number of carbonyl (C=O) groups is 1. The summed E-state index contributed by atoms with van der Waals surface area (Å²) >= 11 is 0. The molecule has 2 N–H and O–H groups in total. The second-order valence-electron chi connectivity index (χ2n) is 7.09. The van der Waals surface area contributed by atoms with Crippen molar-refractivity contribution in [3.8, 4) is 0 Å². The van der Waals surface area contributed by atoms with Crippen molar-refractivity contribution in [1.82, 2.24) is 10.4 Å². The summed E-state index contributed by atoms with van der Waals surface area (Å²) in [5.74, 6) is 1.24. The quantitative estimate of drug-likeness (QED) is 0.870. The predicted molar refractivity (Wildman–Crippen MR) is 87.4 cm³/mol. The van der Waals surface area contributed by atoms with Gasteiger partial charge in [0.1, 0.15) is 0 Å². The van der Waals surface area contributed by atoms with Crippen LogP contribution in [0.2, 0.25) is 0 Å². The molecule has 0 radical (unpaired) electrons. The van der Waals surface area contributed by atoms with Gasteiger partial charge in [0.05, 0.1) is 0 Å². The summed E-state index contributed by atoms with van der Waals surface area (Å²) in [6, 6.07) is 7.57. The highest BCUT2D eigenvalue weighted by Gasteiger charge is 2.50. The maximum Gasteiger partial charge on any atom is 0.270 e. The number of para-hydroxylation sites is 1. The average molecular weight is 333 g/mol. The molecule has 3 aliphatic rings. The van der Waals surface area contributed by atoms with Gasteiger partial charge in [0.2, 0.25) is 0 Å². The molecular formula is C18H21F2N3O. The first-order valence-corrected chi connectivity index (χ1v) is 8.40. The topological polar surface area (TPSA) is 44.4 Å². The predicted octanol–water partition coefficient (Wildman–Crippen LogP) is 3.11. The van der Waals surface area contributed by atoms with E-state index in [0.29, 0.717) is 17.5 Å². The van der Waals surface area contributed by atoms with Crippen LogP contribution in [0.25, 0.3) is 0 Å². The van der Waals surface area contributed by atoms with Crippen LogP contribution in [-0.2, 0) is 4.79 Å². The van der Waals surface area contributed by atoms with E-state index in [9.17, 15) is 13.6 Å². The Morgan fingerprint density at radius 3 is 2.75 bits per heavy atom. The van der Waals surface area contributed by atoms with Gasteiger partial charge in [-0.15, -0.1) is 0 Å². The van der Waals surface area contributed by atoms with Gasteiger partial charge in [-0.2, -0.15) is 0 Å². The van der Waals surface area contributed by atoms with Crippen molar-refractivity contribution in [3.05, 3.63) is 42.1 Å². The Bertz CT molecular complexity index is 689. The first-order valence-electron chi connectivity index (χ1n) is 8.40. The number of hydrogen-bond donors (Lipinski definition) is 2. The molecule has 1 aromatic carbocycles. The summed E-state index contributed by atoms with van der Waals surface area (Å²) in [5.41, 5.74) is 2.26. The lowest BCUT2D eigenvalue weighted by Gasteiger charge is -2.28. The number of alkyl halides is 2. The zero-order valence-electron chi connectivity index (χ0n) is 13.5. The van der Waals surface area contributed by atoms with E-state index in [1.807, 2.05) is 18.2 Å².